The third kappa shape index (κ3) is 15.3. The summed E-state index contributed by atoms with van der Waals surface area (Å²) in [5.41, 5.74) is 7.58. The molecule has 216 valence electrons. The standard InChI is InChI=1S/C31H49N5O3/c1-2-11-30(37)36-29(24-26-14-16-28(17-15-26)39-25-27-12-5-3-6-13-27)31(38)35-23-10-22-34-21-9-20-33-19-8-4-7-18-32/h3,5-6,12-17,29,33-34H,2,4,7-11,18-25,32H2,1H3,(H,35,38)(H,36,37). The van der Waals surface area contributed by atoms with Gasteiger partial charge in [-0.1, -0.05) is 55.8 Å². The quantitative estimate of drug-likeness (QED) is 0.147. The summed E-state index contributed by atoms with van der Waals surface area (Å²) in [6.07, 6.45) is 6.95. The van der Waals surface area contributed by atoms with Crippen LogP contribution in [0.2, 0.25) is 0 Å². The van der Waals surface area contributed by atoms with E-state index in [1.165, 1.54) is 12.8 Å². The van der Waals surface area contributed by atoms with Crippen LogP contribution in [-0.2, 0) is 22.6 Å². The number of benzene rings is 2. The molecule has 0 radical (unpaired) electrons. The second kappa shape index (κ2) is 21.0. The van der Waals surface area contributed by atoms with Crippen LogP contribution in [0.5, 0.6) is 5.75 Å². The molecule has 1 unspecified atom stereocenters. The van der Waals surface area contributed by atoms with Crippen molar-refractivity contribution in [2.45, 2.75) is 70.9 Å². The van der Waals surface area contributed by atoms with Crippen LogP contribution in [0.4, 0.5) is 0 Å². The summed E-state index contributed by atoms with van der Waals surface area (Å²) in [7, 11) is 0. The van der Waals surface area contributed by atoms with Crippen molar-refractivity contribution in [1.82, 2.24) is 21.3 Å². The molecule has 0 heterocycles. The van der Waals surface area contributed by atoms with E-state index in [9.17, 15) is 9.59 Å². The fourth-order valence-electron chi connectivity index (χ4n) is 4.11. The Morgan fingerprint density at radius 3 is 2.13 bits per heavy atom. The van der Waals surface area contributed by atoms with Crippen molar-refractivity contribution in [2.75, 3.05) is 39.3 Å². The SMILES string of the molecule is CCCC(=O)NC(Cc1ccc(OCc2ccccc2)cc1)C(=O)NCCCNCCCNCCCCCN. The third-order valence-corrected chi connectivity index (χ3v) is 6.33. The van der Waals surface area contributed by atoms with E-state index in [0.29, 0.717) is 26.0 Å². The number of unbranched alkanes of at least 4 members (excludes halogenated alkanes) is 2. The molecule has 8 heteroatoms. The van der Waals surface area contributed by atoms with Crippen molar-refractivity contribution in [3.63, 3.8) is 0 Å². The van der Waals surface area contributed by atoms with Crippen LogP contribution >= 0.6 is 0 Å². The van der Waals surface area contributed by atoms with E-state index < -0.39 is 6.04 Å². The van der Waals surface area contributed by atoms with E-state index in [4.69, 9.17) is 10.5 Å². The summed E-state index contributed by atoms with van der Waals surface area (Å²) >= 11 is 0. The van der Waals surface area contributed by atoms with Gasteiger partial charge in [0.15, 0.2) is 0 Å². The summed E-state index contributed by atoms with van der Waals surface area (Å²) in [4.78, 5) is 25.2. The smallest absolute Gasteiger partial charge is 0.242 e. The minimum atomic E-state index is -0.607. The molecule has 2 amide bonds. The highest BCUT2D eigenvalue weighted by atomic mass is 16.5. The third-order valence-electron chi connectivity index (χ3n) is 6.33. The number of rotatable bonds is 22. The first-order chi connectivity index (χ1) is 19.1. The summed E-state index contributed by atoms with van der Waals surface area (Å²) in [6, 6.07) is 17.1. The predicted octanol–water partition coefficient (Wildman–Crippen LogP) is 3.30. The number of amides is 2. The number of carbonyl (C=O) groups excluding carboxylic acids is 2. The summed E-state index contributed by atoms with van der Waals surface area (Å²) < 4.78 is 5.86. The van der Waals surface area contributed by atoms with Crippen LogP contribution in [-0.4, -0.2) is 57.1 Å². The van der Waals surface area contributed by atoms with Gasteiger partial charge in [-0.05, 0) is 88.1 Å². The average Bonchev–Trinajstić information content (AvgIpc) is 2.95. The second-order valence-electron chi connectivity index (χ2n) is 9.84. The van der Waals surface area contributed by atoms with Crippen LogP contribution in [0.25, 0.3) is 0 Å². The normalized spacial score (nSPS) is 11.6. The Labute approximate surface area is 234 Å². The first kappa shape index (κ1) is 32.3. The van der Waals surface area contributed by atoms with Crippen LogP contribution in [0.15, 0.2) is 54.6 Å². The molecule has 2 aromatic rings. The minimum absolute atomic E-state index is 0.102. The van der Waals surface area contributed by atoms with Crippen molar-refractivity contribution < 1.29 is 14.3 Å². The largest absolute Gasteiger partial charge is 0.489 e. The molecule has 8 nitrogen and oxygen atoms in total. The van der Waals surface area contributed by atoms with Gasteiger partial charge in [-0.2, -0.15) is 0 Å². The predicted molar refractivity (Wildman–Crippen MR) is 159 cm³/mol. The topological polar surface area (TPSA) is 118 Å². The molecular weight excluding hydrogens is 490 g/mol. The molecule has 2 rings (SSSR count). The van der Waals surface area contributed by atoms with E-state index in [1.54, 1.807) is 0 Å². The number of nitrogens with one attached hydrogen (secondary N) is 4. The Hall–Kier alpha value is -2.94. The van der Waals surface area contributed by atoms with Gasteiger partial charge in [0.05, 0.1) is 0 Å². The first-order valence-corrected chi connectivity index (χ1v) is 14.6. The Kier molecular flexibility index (Phi) is 17.3. The fraction of sp³-hybridized carbons (Fsp3) is 0.548. The van der Waals surface area contributed by atoms with Crippen LogP contribution < -0.4 is 31.7 Å². The molecule has 2 aromatic carbocycles. The number of nitrogens with two attached hydrogens (primary N) is 1. The Morgan fingerprint density at radius 1 is 0.795 bits per heavy atom. The van der Waals surface area contributed by atoms with Crippen molar-refractivity contribution >= 4 is 11.8 Å². The van der Waals surface area contributed by atoms with E-state index in [1.807, 2.05) is 61.5 Å². The van der Waals surface area contributed by atoms with E-state index in [2.05, 4.69) is 21.3 Å². The lowest BCUT2D eigenvalue weighted by atomic mass is 10.0. The van der Waals surface area contributed by atoms with E-state index in [-0.39, 0.29) is 11.8 Å². The number of ether oxygens (including phenoxy) is 1. The molecule has 0 bridgehead atoms. The van der Waals surface area contributed by atoms with Gasteiger partial charge in [-0.15, -0.1) is 0 Å². The number of carbonyl (C=O) groups is 2. The lowest BCUT2D eigenvalue weighted by Crippen LogP contribution is -2.48. The molecule has 0 aliphatic rings. The van der Waals surface area contributed by atoms with Gasteiger partial charge in [0.1, 0.15) is 18.4 Å². The van der Waals surface area contributed by atoms with E-state index >= 15 is 0 Å². The van der Waals surface area contributed by atoms with Gasteiger partial charge >= 0.3 is 0 Å². The van der Waals surface area contributed by atoms with Crippen molar-refractivity contribution in [1.29, 1.82) is 0 Å². The van der Waals surface area contributed by atoms with Gasteiger partial charge in [0, 0.05) is 19.4 Å². The molecule has 0 aliphatic heterocycles. The number of hydrogen-bond acceptors (Lipinski definition) is 6. The van der Waals surface area contributed by atoms with E-state index in [0.717, 1.165) is 75.3 Å². The zero-order chi connectivity index (χ0) is 28.0. The van der Waals surface area contributed by atoms with Crippen LogP contribution in [0.3, 0.4) is 0 Å². The molecule has 39 heavy (non-hydrogen) atoms. The molecule has 0 spiro atoms. The van der Waals surface area contributed by atoms with Crippen molar-refractivity contribution in [3.05, 3.63) is 65.7 Å². The maximum absolute atomic E-state index is 12.9. The van der Waals surface area contributed by atoms with Gasteiger partial charge < -0.3 is 31.7 Å². The summed E-state index contributed by atoms with van der Waals surface area (Å²) in [5.74, 6) is 0.516. The zero-order valence-corrected chi connectivity index (χ0v) is 23.7. The summed E-state index contributed by atoms with van der Waals surface area (Å²) in [6.45, 7) is 7.64. The minimum Gasteiger partial charge on any atom is -0.489 e. The number of hydrogen-bond donors (Lipinski definition) is 5. The van der Waals surface area contributed by atoms with Crippen LogP contribution in [0, 0.1) is 0 Å². The average molecular weight is 540 g/mol. The van der Waals surface area contributed by atoms with Gasteiger partial charge in [0.25, 0.3) is 0 Å². The fourth-order valence-corrected chi connectivity index (χ4v) is 4.11. The molecule has 0 aliphatic carbocycles. The highest BCUT2D eigenvalue weighted by Crippen LogP contribution is 2.15. The maximum Gasteiger partial charge on any atom is 0.242 e. The molecule has 0 aromatic heterocycles. The van der Waals surface area contributed by atoms with Crippen LogP contribution in [0.1, 0.15) is 63.0 Å². The van der Waals surface area contributed by atoms with Crippen molar-refractivity contribution in [2.24, 2.45) is 5.73 Å². The molecule has 6 N–H and O–H groups in total. The van der Waals surface area contributed by atoms with Crippen molar-refractivity contribution in [3.8, 4) is 5.75 Å². The molecule has 0 saturated carbocycles. The Balaban J connectivity index is 1.69. The Morgan fingerprint density at radius 2 is 1.46 bits per heavy atom. The Bertz CT molecular complexity index is 908. The maximum atomic E-state index is 12.9. The summed E-state index contributed by atoms with van der Waals surface area (Å²) in [5, 5.41) is 12.8. The molecule has 0 saturated heterocycles. The molecule has 0 fully saturated rings. The highest BCUT2D eigenvalue weighted by molar-refractivity contribution is 5.87. The van der Waals surface area contributed by atoms with Gasteiger partial charge in [-0.25, -0.2) is 0 Å². The second-order valence-corrected chi connectivity index (χ2v) is 9.84. The lowest BCUT2D eigenvalue weighted by molar-refractivity contribution is -0.129. The molecule has 1 atom stereocenters. The van der Waals surface area contributed by atoms with Gasteiger partial charge in [-0.3, -0.25) is 9.59 Å². The molecular formula is C31H49N5O3. The first-order valence-electron chi connectivity index (χ1n) is 14.6. The van der Waals surface area contributed by atoms with Gasteiger partial charge in [0.2, 0.25) is 11.8 Å². The highest BCUT2D eigenvalue weighted by Gasteiger charge is 2.20. The zero-order valence-electron chi connectivity index (χ0n) is 23.7. The lowest BCUT2D eigenvalue weighted by Gasteiger charge is -2.19. The monoisotopic (exact) mass is 539 g/mol.